The van der Waals surface area contributed by atoms with Crippen molar-refractivity contribution >= 4 is 43.6 Å². The van der Waals surface area contributed by atoms with E-state index in [0.29, 0.717) is 12.8 Å². The van der Waals surface area contributed by atoms with Gasteiger partial charge in [0.1, 0.15) is 5.76 Å². The van der Waals surface area contributed by atoms with Gasteiger partial charge in [0.2, 0.25) is 0 Å². The smallest absolute Gasteiger partial charge is 0.314 e. The molecule has 2 heterocycles. The van der Waals surface area contributed by atoms with Crippen molar-refractivity contribution in [3.05, 3.63) is 35.6 Å². The molecule has 1 aromatic carbocycles. The fraction of sp³-hybridized carbons (Fsp3) is 0.333. The second-order valence-corrected chi connectivity index (χ2v) is 6.92. The third kappa shape index (κ3) is 2.06. The molecule has 0 aliphatic heterocycles. The number of aryl methyl sites for hydroxylation is 1. The number of rotatable bonds is 2. The van der Waals surface area contributed by atoms with E-state index in [4.69, 9.17) is 13.9 Å². The summed E-state index contributed by atoms with van der Waals surface area (Å²) in [5.74, 6) is -1.25. The zero-order valence-electron chi connectivity index (χ0n) is 13.3. The lowest BCUT2D eigenvalue weighted by Crippen LogP contribution is -2.33. The van der Waals surface area contributed by atoms with E-state index < -0.39 is 17.8 Å². The van der Waals surface area contributed by atoms with Crippen LogP contribution in [0, 0.1) is 5.92 Å². The molecule has 124 valence electrons. The second-order valence-electron chi connectivity index (χ2n) is 5.86. The Morgan fingerprint density at radius 1 is 1.17 bits per heavy atom. The number of furan rings is 1. The first-order chi connectivity index (χ1) is 11.7. The molecule has 0 radical (unpaired) electrons. The number of thiophene rings is 1. The Kier molecular flexibility index (Phi) is 3.57. The van der Waals surface area contributed by atoms with Gasteiger partial charge < -0.3 is 13.9 Å². The third-order valence-electron chi connectivity index (χ3n) is 4.68. The average molecular weight is 344 g/mol. The van der Waals surface area contributed by atoms with Crippen molar-refractivity contribution in [1.82, 2.24) is 0 Å². The molecule has 0 N–H and O–H groups in total. The van der Waals surface area contributed by atoms with Gasteiger partial charge in [-0.25, -0.2) is 0 Å². The number of hydrogen-bond acceptors (Lipinski definition) is 6. The number of hydrogen-bond donors (Lipinski definition) is 0. The fourth-order valence-corrected chi connectivity index (χ4v) is 4.81. The molecular weight excluding hydrogens is 328 g/mol. The van der Waals surface area contributed by atoms with E-state index in [9.17, 15) is 9.59 Å². The number of carbonyl (C=O) groups excluding carboxylic acids is 2. The summed E-state index contributed by atoms with van der Waals surface area (Å²) in [6, 6.07) is 7.97. The molecular formula is C18H16O5S. The van der Waals surface area contributed by atoms with Gasteiger partial charge in [-0.15, -0.1) is 11.3 Å². The molecule has 0 saturated heterocycles. The second kappa shape index (κ2) is 5.63. The van der Waals surface area contributed by atoms with Gasteiger partial charge in [0.25, 0.3) is 0 Å². The number of esters is 2. The summed E-state index contributed by atoms with van der Waals surface area (Å²) < 4.78 is 18.0. The van der Waals surface area contributed by atoms with Crippen molar-refractivity contribution in [3.8, 4) is 0 Å². The van der Waals surface area contributed by atoms with Crippen LogP contribution in [0.2, 0.25) is 0 Å². The topological polar surface area (TPSA) is 65.7 Å². The van der Waals surface area contributed by atoms with Gasteiger partial charge in [-0.1, -0.05) is 12.1 Å². The van der Waals surface area contributed by atoms with Crippen molar-refractivity contribution < 1.29 is 23.5 Å². The Labute approximate surface area is 142 Å². The van der Waals surface area contributed by atoms with Crippen molar-refractivity contribution in [1.29, 1.82) is 0 Å². The summed E-state index contributed by atoms with van der Waals surface area (Å²) in [7, 11) is 2.68. The van der Waals surface area contributed by atoms with Crippen LogP contribution in [0.4, 0.5) is 0 Å². The standard InChI is InChI=1S/C18H16O5S/c1-21-17(19)10-7-8-11-14(13(10)18(20)22-2)16-15(23-11)9-5-3-4-6-12(9)24-16/h3-6,10,13H,7-8H2,1-2H3/t10-,13+/m1/s1. The monoisotopic (exact) mass is 344 g/mol. The van der Waals surface area contributed by atoms with Crippen molar-refractivity contribution in [2.24, 2.45) is 5.92 Å². The van der Waals surface area contributed by atoms with Crippen molar-refractivity contribution in [3.63, 3.8) is 0 Å². The average Bonchev–Trinajstić information content (AvgIpc) is 3.15. The van der Waals surface area contributed by atoms with Gasteiger partial charge in [0.15, 0.2) is 5.58 Å². The molecule has 0 bridgehead atoms. The summed E-state index contributed by atoms with van der Waals surface area (Å²) in [5, 5.41) is 1.03. The predicted octanol–water partition coefficient (Wildman–Crippen LogP) is 3.64. The first-order valence-electron chi connectivity index (χ1n) is 7.74. The normalized spacial score (nSPS) is 20.1. The SMILES string of the molecule is COC(=O)[C@@H]1c2c(oc3c2sc2ccccc23)CC[C@H]1C(=O)OC. The summed E-state index contributed by atoms with van der Waals surface area (Å²) in [5.41, 5.74) is 1.58. The maximum atomic E-state index is 12.5. The van der Waals surface area contributed by atoms with E-state index in [1.807, 2.05) is 24.3 Å². The van der Waals surface area contributed by atoms with Crippen molar-refractivity contribution in [2.45, 2.75) is 18.8 Å². The Hall–Kier alpha value is -2.34. The number of benzene rings is 1. The summed E-state index contributed by atoms with van der Waals surface area (Å²) in [4.78, 5) is 24.6. The first kappa shape index (κ1) is 15.2. The summed E-state index contributed by atoms with van der Waals surface area (Å²) >= 11 is 1.58. The largest absolute Gasteiger partial charge is 0.469 e. The molecule has 0 fully saturated rings. The minimum Gasteiger partial charge on any atom is -0.469 e. The molecule has 4 rings (SSSR count). The molecule has 2 aromatic heterocycles. The molecule has 0 saturated carbocycles. The minimum absolute atomic E-state index is 0.383. The van der Waals surface area contributed by atoms with Gasteiger partial charge >= 0.3 is 11.9 Å². The van der Waals surface area contributed by atoms with E-state index >= 15 is 0 Å². The molecule has 0 unspecified atom stereocenters. The van der Waals surface area contributed by atoms with E-state index in [1.165, 1.54) is 14.2 Å². The lowest BCUT2D eigenvalue weighted by molar-refractivity contribution is -0.154. The molecule has 0 amide bonds. The number of methoxy groups -OCH3 is 2. The number of fused-ring (bicyclic) bond motifs is 5. The molecule has 6 heteroatoms. The molecule has 2 atom stereocenters. The molecule has 0 spiro atoms. The van der Waals surface area contributed by atoms with E-state index in [-0.39, 0.29) is 5.97 Å². The third-order valence-corrected chi connectivity index (χ3v) is 5.86. The van der Waals surface area contributed by atoms with Crippen LogP contribution in [0.25, 0.3) is 20.4 Å². The Balaban J connectivity index is 1.97. The van der Waals surface area contributed by atoms with Gasteiger partial charge in [-0.05, 0) is 18.6 Å². The minimum atomic E-state index is -0.680. The van der Waals surface area contributed by atoms with E-state index in [2.05, 4.69) is 0 Å². The van der Waals surface area contributed by atoms with Crippen LogP contribution >= 0.6 is 11.3 Å². The van der Waals surface area contributed by atoms with Crippen LogP contribution < -0.4 is 0 Å². The highest BCUT2D eigenvalue weighted by Gasteiger charge is 2.44. The Bertz CT molecular complexity index is 951. The predicted molar refractivity (Wildman–Crippen MR) is 90.2 cm³/mol. The van der Waals surface area contributed by atoms with E-state index in [0.717, 1.165) is 31.7 Å². The highest BCUT2D eigenvalue weighted by Crippen LogP contribution is 2.48. The molecule has 1 aliphatic rings. The lowest BCUT2D eigenvalue weighted by Gasteiger charge is -2.27. The van der Waals surface area contributed by atoms with Gasteiger partial charge in [0.05, 0.1) is 30.8 Å². The zero-order valence-corrected chi connectivity index (χ0v) is 14.1. The summed E-state index contributed by atoms with van der Waals surface area (Å²) in [6.45, 7) is 0. The highest BCUT2D eigenvalue weighted by molar-refractivity contribution is 7.26. The van der Waals surface area contributed by atoms with Crippen LogP contribution in [0.5, 0.6) is 0 Å². The van der Waals surface area contributed by atoms with Crippen molar-refractivity contribution in [2.75, 3.05) is 14.2 Å². The number of carbonyl (C=O) groups is 2. The quantitative estimate of drug-likeness (QED) is 0.664. The fourth-order valence-electron chi connectivity index (χ4n) is 3.57. The molecule has 5 nitrogen and oxygen atoms in total. The lowest BCUT2D eigenvalue weighted by atomic mass is 9.78. The maximum absolute atomic E-state index is 12.5. The Morgan fingerprint density at radius 3 is 2.67 bits per heavy atom. The Morgan fingerprint density at radius 2 is 1.92 bits per heavy atom. The van der Waals surface area contributed by atoms with Gasteiger partial charge in [-0.3, -0.25) is 9.59 Å². The zero-order chi connectivity index (χ0) is 16.8. The molecule has 3 aromatic rings. The molecule has 1 aliphatic carbocycles. The van der Waals surface area contributed by atoms with E-state index in [1.54, 1.807) is 11.3 Å². The van der Waals surface area contributed by atoms with Crippen LogP contribution in [-0.4, -0.2) is 26.2 Å². The van der Waals surface area contributed by atoms with Crippen LogP contribution in [0.1, 0.15) is 23.7 Å². The van der Waals surface area contributed by atoms with Crippen LogP contribution in [-0.2, 0) is 25.5 Å². The first-order valence-corrected chi connectivity index (χ1v) is 8.55. The van der Waals surface area contributed by atoms with Gasteiger partial charge in [0, 0.05) is 22.1 Å². The highest BCUT2D eigenvalue weighted by atomic mass is 32.1. The molecule has 24 heavy (non-hydrogen) atoms. The van der Waals surface area contributed by atoms with Crippen LogP contribution in [0.3, 0.4) is 0 Å². The van der Waals surface area contributed by atoms with Gasteiger partial charge in [-0.2, -0.15) is 0 Å². The van der Waals surface area contributed by atoms with Crippen LogP contribution in [0.15, 0.2) is 28.7 Å². The summed E-state index contributed by atoms with van der Waals surface area (Å²) in [6.07, 6.45) is 1.12. The maximum Gasteiger partial charge on any atom is 0.314 e. The number of ether oxygens (including phenoxy) is 2.